The summed E-state index contributed by atoms with van der Waals surface area (Å²) in [6.45, 7) is 6.40. The molecule has 0 aliphatic carbocycles. The second kappa shape index (κ2) is 7.27. The van der Waals surface area contributed by atoms with Gasteiger partial charge in [-0.05, 0) is 37.5 Å². The van der Waals surface area contributed by atoms with Gasteiger partial charge in [0.2, 0.25) is 11.8 Å². The first-order chi connectivity index (χ1) is 10.4. The molecule has 5 heteroatoms. The molecule has 0 bridgehead atoms. The average molecular weight is 367 g/mol. The maximum atomic E-state index is 12.5. The molecule has 1 saturated heterocycles. The van der Waals surface area contributed by atoms with E-state index >= 15 is 0 Å². The number of rotatable bonds is 4. The first-order valence-electron chi connectivity index (χ1n) is 7.76. The van der Waals surface area contributed by atoms with Gasteiger partial charge in [-0.3, -0.25) is 9.59 Å². The van der Waals surface area contributed by atoms with Crippen LogP contribution in [0.3, 0.4) is 0 Å². The summed E-state index contributed by atoms with van der Waals surface area (Å²) in [4.78, 5) is 26.4. The van der Waals surface area contributed by atoms with E-state index < -0.39 is 0 Å². The van der Waals surface area contributed by atoms with Gasteiger partial charge in [0, 0.05) is 16.9 Å². The quantitative estimate of drug-likeness (QED) is 0.888. The summed E-state index contributed by atoms with van der Waals surface area (Å²) in [5.74, 6) is -0.0619. The van der Waals surface area contributed by atoms with Crippen molar-refractivity contribution in [2.45, 2.75) is 45.7 Å². The number of hydrogen-bond acceptors (Lipinski definition) is 2. The van der Waals surface area contributed by atoms with E-state index in [-0.39, 0.29) is 29.8 Å². The minimum atomic E-state index is -0.326. The Morgan fingerprint density at radius 1 is 1.23 bits per heavy atom. The summed E-state index contributed by atoms with van der Waals surface area (Å²) in [6, 6.07) is 7.50. The van der Waals surface area contributed by atoms with Crippen LogP contribution >= 0.6 is 15.9 Å². The number of halogens is 1. The molecule has 2 rings (SSSR count). The fraction of sp³-hybridized carbons (Fsp3) is 0.529. The molecule has 0 radical (unpaired) electrons. The fourth-order valence-electron chi connectivity index (χ4n) is 2.78. The third-order valence-corrected chi connectivity index (χ3v) is 4.59. The molecule has 120 valence electrons. The molecule has 4 nitrogen and oxygen atoms in total. The smallest absolute Gasteiger partial charge is 0.243 e. The Morgan fingerprint density at radius 2 is 1.86 bits per heavy atom. The Bertz CT molecular complexity index is 542. The first kappa shape index (κ1) is 17.0. The fourth-order valence-corrected chi connectivity index (χ4v) is 3.04. The summed E-state index contributed by atoms with van der Waals surface area (Å²) in [5, 5.41) is 3.03. The van der Waals surface area contributed by atoms with Gasteiger partial charge in [-0.1, -0.05) is 41.9 Å². The number of carbonyl (C=O) groups is 2. The third-order valence-electron chi connectivity index (χ3n) is 4.06. The number of carbonyl (C=O) groups excluding carboxylic acids is 2. The molecular weight excluding hydrogens is 344 g/mol. The zero-order valence-corrected chi connectivity index (χ0v) is 14.9. The molecule has 1 aromatic carbocycles. The standard InChI is InChI=1S/C17H23BrN2O2/c1-11(2)17(22)20-10-4-5-15(20)16(21)19-12(3)13-6-8-14(18)9-7-13/h6-9,11-12,15H,4-5,10H2,1-3H3,(H,19,21). The van der Waals surface area contributed by atoms with Crippen molar-refractivity contribution < 1.29 is 9.59 Å². The zero-order chi connectivity index (χ0) is 16.3. The molecule has 1 N–H and O–H groups in total. The predicted molar refractivity (Wildman–Crippen MR) is 90.3 cm³/mol. The Kier molecular flexibility index (Phi) is 5.62. The Morgan fingerprint density at radius 3 is 2.45 bits per heavy atom. The average Bonchev–Trinajstić information content (AvgIpc) is 2.96. The van der Waals surface area contributed by atoms with Crippen molar-refractivity contribution in [1.82, 2.24) is 10.2 Å². The van der Waals surface area contributed by atoms with E-state index in [1.54, 1.807) is 4.90 Å². The van der Waals surface area contributed by atoms with E-state index in [0.29, 0.717) is 6.54 Å². The minimum absolute atomic E-state index is 0.0538. The van der Waals surface area contributed by atoms with Crippen LogP contribution in [-0.4, -0.2) is 29.3 Å². The van der Waals surface area contributed by atoms with Crippen molar-refractivity contribution in [2.75, 3.05) is 6.54 Å². The highest BCUT2D eigenvalue weighted by Crippen LogP contribution is 2.22. The molecule has 0 aromatic heterocycles. The lowest BCUT2D eigenvalue weighted by molar-refractivity contribution is -0.141. The molecule has 2 amide bonds. The van der Waals surface area contributed by atoms with Crippen LogP contribution < -0.4 is 5.32 Å². The molecule has 1 fully saturated rings. The number of nitrogens with zero attached hydrogens (tertiary/aromatic N) is 1. The maximum absolute atomic E-state index is 12.5. The van der Waals surface area contributed by atoms with Crippen LogP contribution in [0.25, 0.3) is 0 Å². The van der Waals surface area contributed by atoms with Crippen molar-refractivity contribution >= 4 is 27.7 Å². The molecule has 0 spiro atoms. The van der Waals surface area contributed by atoms with Crippen LogP contribution in [0.2, 0.25) is 0 Å². The van der Waals surface area contributed by atoms with E-state index in [1.807, 2.05) is 45.0 Å². The van der Waals surface area contributed by atoms with Crippen LogP contribution in [0, 0.1) is 5.92 Å². The number of benzene rings is 1. The lowest BCUT2D eigenvalue weighted by Gasteiger charge is -2.27. The van der Waals surface area contributed by atoms with Gasteiger partial charge < -0.3 is 10.2 Å². The van der Waals surface area contributed by atoms with E-state index in [2.05, 4.69) is 21.2 Å². The van der Waals surface area contributed by atoms with E-state index in [9.17, 15) is 9.59 Å². The summed E-state index contributed by atoms with van der Waals surface area (Å²) >= 11 is 3.41. The molecule has 1 aliphatic heterocycles. The molecule has 0 saturated carbocycles. The van der Waals surface area contributed by atoms with Crippen LogP contribution in [0.5, 0.6) is 0 Å². The summed E-state index contributed by atoms with van der Waals surface area (Å²) in [5.41, 5.74) is 1.05. The Labute approximate surface area is 140 Å². The number of likely N-dealkylation sites (tertiary alicyclic amines) is 1. The largest absolute Gasteiger partial charge is 0.348 e. The van der Waals surface area contributed by atoms with Crippen LogP contribution in [-0.2, 0) is 9.59 Å². The highest BCUT2D eigenvalue weighted by atomic mass is 79.9. The van der Waals surface area contributed by atoms with Gasteiger partial charge in [0.05, 0.1) is 6.04 Å². The topological polar surface area (TPSA) is 49.4 Å². The van der Waals surface area contributed by atoms with Crippen molar-refractivity contribution in [3.63, 3.8) is 0 Å². The molecule has 2 unspecified atom stereocenters. The summed E-state index contributed by atoms with van der Waals surface area (Å²) < 4.78 is 1.01. The first-order valence-corrected chi connectivity index (χ1v) is 8.55. The lowest BCUT2D eigenvalue weighted by Crippen LogP contribution is -2.47. The molecule has 1 aliphatic rings. The summed E-state index contributed by atoms with van der Waals surface area (Å²) in [7, 11) is 0. The maximum Gasteiger partial charge on any atom is 0.243 e. The minimum Gasteiger partial charge on any atom is -0.348 e. The normalized spacial score (nSPS) is 19.3. The molecular formula is C17H23BrN2O2. The van der Waals surface area contributed by atoms with E-state index in [4.69, 9.17) is 0 Å². The van der Waals surface area contributed by atoms with Crippen molar-refractivity contribution in [1.29, 1.82) is 0 Å². The van der Waals surface area contributed by atoms with E-state index in [1.165, 1.54) is 0 Å². The molecule has 1 aromatic rings. The van der Waals surface area contributed by atoms with Gasteiger partial charge in [0.25, 0.3) is 0 Å². The van der Waals surface area contributed by atoms with Gasteiger partial charge in [-0.25, -0.2) is 0 Å². The van der Waals surface area contributed by atoms with Crippen LogP contribution in [0.15, 0.2) is 28.7 Å². The van der Waals surface area contributed by atoms with Gasteiger partial charge >= 0.3 is 0 Å². The van der Waals surface area contributed by atoms with Gasteiger partial charge in [0.1, 0.15) is 6.04 Å². The highest BCUT2D eigenvalue weighted by Gasteiger charge is 2.35. The van der Waals surface area contributed by atoms with Crippen LogP contribution in [0.4, 0.5) is 0 Å². The molecule has 2 atom stereocenters. The van der Waals surface area contributed by atoms with Gasteiger partial charge in [-0.15, -0.1) is 0 Å². The van der Waals surface area contributed by atoms with Crippen molar-refractivity contribution in [3.8, 4) is 0 Å². The third kappa shape index (κ3) is 3.88. The SMILES string of the molecule is CC(C)C(=O)N1CCCC1C(=O)NC(C)c1ccc(Br)cc1. The Balaban J connectivity index is 2.01. The van der Waals surface area contributed by atoms with Gasteiger partial charge in [-0.2, -0.15) is 0 Å². The second-order valence-electron chi connectivity index (χ2n) is 6.13. The lowest BCUT2D eigenvalue weighted by atomic mass is 10.1. The Hall–Kier alpha value is -1.36. The second-order valence-corrected chi connectivity index (χ2v) is 7.04. The molecule has 22 heavy (non-hydrogen) atoms. The van der Waals surface area contributed by atoms with Gasteiger partial charge in [0.15, 0.2) is 0 Å². The number of nitrogens with one attached hydrogen (secondary N) is 1. The van der Waals surface area contributed by atoms with Crippen molar-refractivity contribution in [3.05, 3.63) is 34.3 Å². The monoisotopic (exact) mass is 366 g/mol. The number of amides is 2. The van der Waals surface area contributed by atoms with Crippen LogP contribution in [0.1, 0.15) is 45.2 Å². The number of hydrogen-bond donors (Lipinski definition) is 1. The zero-order valence-electron chi connectivity index (χ0n) is 13.3. The highest BCUT2D eigenvalue weighted by molar-refractivity contribution is 9.10. The predicted octanol–water partition coefficient (Wildman–Crippen LogP) is 3.27. The molecule has 1 heterocycles. The summed E-state index contributed by atoms with van der Waals surface area (Å²) in [6.07, 6.45) is 1.64. The van der Waals surface area contributed by atoms with E-state index in [0.717, 1.165) is 22.9 Å². The van der Waals surface area contributed by atoms with Crippen molar-refractivity contribution in [2.24, 2.45) is 5.92 Å².